The minimum atomic E-state index is 0. The first-order chi connectivity index (χ1) is 7.43. The first kappa shape index (κ1) is 14.6. The van der Waals surface area contributed by atoms with Gasteiger partial charge in [0.05, 0.1) is 11.9 Å². The van der Waals surface area contributed by atoms with E-state index in [4.69, 9.17) is 0 Å². The number of aromatic nitrogens is 1. The van der Waals surface area contributed by atoms with Gasteiger partial charge in [0.2, 0.25) is 0 Å². The van der Waals surface area contributed by atoms with Gasteiger partial charge in [0.25, 0.3) is 0 Å². The minimum absolute atomic E-state index is 0. The Morgan fingerprint density at radius 1 is 1.29 bits per heavy atom. The predicted molar refractivity (Wildman–Crippen MR) is 75.5 cm³/mol. The van der Waals surface area contributed by atoms with E-state index >= 15 is 0 Å². The number of fused-ring (bicyclic) bond motifs is 1. The zero-order chi connectivity index (χ0) is 10.1. The largest absolute Gasteiger partial charge is 0.368 e. The molecule has 2 atom stereocenters. The Labute approximate surface area is 115 Å². The molecule has 0 spiro atoms. The van der Waals surface area contributed by atoms with Crippen molar-refractivity contribution < 1.29 is 0 Å². The van der Waals surface area contributed by atoms with Gasteiger partial charge >= 0.3 is 0 Å². The van der Waals surface area contributed by atoms with Crippen molar-refractivity contribution in [1.82, 2.24) is 10.3 Å². The molecule has 2 aliphatic rings. The molecule has 2 saturated heterocycles. The Hall–Kier alpha value is -0.510. The summed E-state index contributed by atoms with van der Waals surface area (Å²) in [7, 11) is 0. The van der Waals surface area contributed by atoms with E-state index < -0.39 is 0 Å². The Balaban J connectivity index is 0.000000722. The van der Waals surface area contributed by atoms with Gasteiger partial charge in [0.15, 0.2) is 0 Å². The van der Waals surface area contributed by atoms with Crippen LogP contribution in [-0.2, 0) is 0 Å². The lowest BCUT2D eigenvalue weighted by Gasteiger charge is -2.24. The van der Waals surface area contributed by atoms with E-state index in [1.54, 1.807) is 0 Å². The van der Waals surface area contributed by atoms with Crippen LogP contribution in [0.3, 0.4) is 0 Å². The maximum Gasteiger partial charge on any atom is 0.0553 e. The van der Waals surface area contributed by atoms with Crippen molar-refractivity contribution in [3.63, 3.8) is 0 Å². The second-order valence-corrected chi connectivity index (χ2v) is 4.58. The number of halogens is 2. The molecule has 96 valence electrons. The molecule has 3 nitrogen and oxygen atoms in total. The van der Waals surface area contributed by atoms with Crippen LogP contribution in [0.2, 0.25) is 0 Å². The lowest BCUT2D eigenvalue weighted by molar-refractivity contribution is 0.340. The first-order valence-electron chi connectivity index (χ1n) is 5.82. The van der Waals surface area contributed by atoms with Crippen molar-refractivity contribution in [2.75, 3.05) is 24.5 Å². The van der Waals surface area contributed by atoms with Crippen LogP contribution < -0.4 is 10.2 Å². The summed E-state index contributed by atoms with van der Waals surface area (Å²) in [5.74, 6) is 0.846. The Morgan fingerprint density at radius 3 is 2.88 bits per heavy atom. The molecular weight excluding hydrogens is 257 g/mol. The summed E-state index contributed by atoms with van der Waals surface area (Å²) in [5.41, 5.74) is 1.27. The number of hydrogen-bond donors (Lipinski definition) is 1. The molecule has 0 aromatic carbocycles. The van der Waals surface area contributed by atoms with Crippen molar-refractivity contribution in [2.24, 2.45) is 5.92 Å². The van der Waals surface area contributed by atoms with Crippen LogP contribution in [0.25, 0.3) is 0 Å². The molecule has 0 saturated carbocycles. The van der Waals surface area contributed by atoms with Gasteiger partial charge < -0.3 is 10.2 Å². The summed E-state index contributed by atoms with van der Waals surface area (Å²) in [6.45, 7) is 3.54. The quantitative estimate of drug-likeness (QED) is 0.851. The third-order valence-electron chi connectivity index (χ3n) is 3.61. The van der Waals surface area contributed by atoms with Gasteiger partial charge in [0, 0.05) is 25.3 Å². The minimum Gasteiger partial charge on any atom is -0.368 e. The van der Waals surface area contributed by atoms with Crippen LogP contribution in [0.1, 0.15) is 12.8 Å². The Bertz CT molecular complexity index is 320. The molecule has 0 radical (unpaired) electrons. The number of hydrogen-bond acceptors (Lipinski definition) is 3. The van der Waals surface area contributed by atoms with Gasteiger partial charge in [-0.1, -0.05) is 0 Å². The second-order valence-electron chi connectivity index (χ2n) is 4.58. The number of nitrogens with one attached hydrogen (secondary N) is 1. The highest BCUT2D eigenvalue weighted by molar-refractivity contribution is 5.85. The van der Waals surface area contributed by atoms with Gasteiger partial charge in [-0.15, -0.1) is 24.8 Å². The van der Waals surface area contributed by atoms with E-state index in [1.165, 1.54) is 31.6 Å². The SMILES string of the molecule is Cl.Cl.c1cncc(N2C[C@@H]3CCCN[C@@H]3C2)c1. The van der Waals surface area contributed by atoms with Crippen LogP contribution in [0.4, 0.5) is 5.69 Å². The predicted octanol–water partition coefficient (Wildman–Crippen LogP) is 2.11. The van der Waals surface area contributed by atoms with Crippen molar-refractivity contribution in [2.45, 2.75) is 18.9 Å². The van der Waals surface area contributed by atoms with Gasteiger partial charge in [-0.25, -0.2) is 0 Å². The standard InChI is InChI=1S/C12H17N3.2ClH/c1-3-10-8-15(9-12(10)14-6-1)11-4-2-5-13-7-11;;/h2,4-5,7,10,12,14H,1,3,6,8-9H2;2*1H/t10-,12+;;/m0../s1. The molecule has 1 aromatic heterocycles. The summed E-state index contributed by atoms with van der Waals surface area (Å²) in [5, 5.41) is 3.62. The molecule has 0 unspecified atom stereocenters. The van der Waals surface area contributed by atoms with Crippen LogP contribution in [0, 0.1) is 5.92 Å². The molecule has 2 aliphatic heterocycles. The molecule has 3 rings (SSSR count). The molecule has 5 heteroatoms. The summed E-state index contributed by atoms with van der Waals surface area (Å²) in [4.78, 5) is 6.64. The third-order valence-corrected chi connectivity index (χ3v) is 3.61. The fourth-order valence-corrected chi connectivity index (χ4v) is 2.80. The van der Waals surface area contributed by atoms with E-state index in [0.717, 1.165) is 12.5 Å². The topological polar surface area (TPSA) is 28.2 Å². The Morgan fingerprint density at radius 2 is 2.18 bits per heavy atom. The van der Waals surface area contributed by atoms with Crippen molar-refractivity contribution in [3.05, 3.63) is 24.5 Å². The summed E-state index contributed by atoms with van der Waals surface area (Å²) in [6.07, 6.45) is 6.53. The smallest absolute Gasteiger partial charge is 0.0553 e. The molecule has 1 N–H and O–H groups in total. The molecule has 1 aromatic rings. The van der Waals surface area contributed by atoms with Gasteiger partial charge in [-0.2, -0.15) is 0 Å². The van der Waals surface area contributed by atoms with Crippen LogP contribution in [0.5, 0.6) is 0 Å². The highest BCUT2D eigenvalue weighted by atomic mass is 35.5. The first-order valence-corrected chi connectivity index (χ1v) is 5.82. The molecule has 3 heterocycles. The summed E-state index contributed by atoms with van der Waals surface area (Å²) >= 11 is 0. The van der Waals surface area contributed by atoms with E-state index in [9.17, 15) is 0 Å². The Kier molecular flexibility index (Phi) is 5.50. The maximum atomic E-state index is 4.18. The van der Waals surface area contributed by atoms with Gasteiger partial charge in [0.1, 0.15) is 0 Å². The zero-order valence-corrected chi connectivity index (χ0v) is 11.3. The molecule has 0 amide bonds. The van der Waals surface area contributed by atoms with Crippen LogP contribution in [0.15, 0.2) is 24.5 Å². The maximum absolute atomic E-state index is 4.18. The highest BCUT2D eigenvalue weighted by Crippen LogP contribution is 2.28. The second kappa shape index (κ2) is 6.43. The molecular formula is C12H19Cl2N3. The average Bonchev–Trinajstić information content (AvgIpc) is 2.74. The number of rotatable bonds is 1. The van der Waals surface area contributed by atoms with Crippen molar-refractivity contribution in [1.29, 1.82) is 0 Å². The van der Waals surface area contributed by atoms with E-state index in [-0.39, 0.29) is 24.8 Å². The fourth-order valence-electron chi connectivity index (χ4n) is 2.80. The molecule has 2 fully saturated rings. The monoisotopic (exact) mass is 275 g/mol. The number of piperidine rings is 1. The average molecular weight is 276 g/mol. The number of nitrogens with zero attached hydrogens (tertiary/aromatic N) is 2. The lowest BCUT2D eigenvalue weighted by atomic mass is 9.94. The van der Waals surface area contributed by atoms with Crippen LogP contribution >= 0.6 is 24.8 Å². The summed E-state index contributed by atoms with van der Waals surface area (Å²) < 4.78 is 0. The fraction of sp³-hybridized carbons (Fsp3) is 0.583. The van der Waals surface area contributed by atoms with Crippen molar-refractivity contribution in [3.8, 4) is 0 Å². The van der Waals surface area contributed by atoms with Gasteiger partial charge in [-0.05, 0) is 37.4 Å². The van der Waals surface area contributed by atoms with E-state index in [0.29, 0.717) is 6.04 Å². The van der Waals surface area contributed by atoms with Crippen molar-refractivity contribution >= 4 is 30.5 Å². The summed E-state index contributed by atoms with van der Waals surface area (Å²) in [6, 6.07) is 4.88. The molecule has 0 bridgehead atoms. The normalized spacial score (nSPS) is 26.7. The molecule has 0 aliphatic carbocycles. The number of pyridine rings is 1. The van der Waals surface area contributed by atoms with E-state index in [2.05, 4.69) is 21.3 Å². The van der Waals surface area contributed by atoms with Gasteiger partial charge in [-0.3, -0.25) is 4.98 Å². The lowest BCUT2D eigenvalue weighted by Crippen LogP contribution is -2.40. The van der Waals surface area contributed by atoms with Crippen LogP contribution in [-0.4, -0.2) is 30.7 Å². The number of anilines is 1. The highest BCUT2D eigenvalue weighted by Gasteiger charge is 2.34. The zero-order valence-electron chi connectivity index (χ0n) is 9.71. The third kappa shape index (κ3) is 3.03. The van der Waals surface area contributed by atoms with E-state index in [1.807, 2.05) is 18.5 Å². The molecule has 17 heavy (non-hydrogen) atoms.